The molecule has 2 amide bonds. The van der Waals surface area contributed by atoms with E-state index in [4.69, 9.17) is 27.8 Å². The van der Waals surface area contributed by atoms with Crippen molar-refractivity contribution < 1.29 is 41.9 Å². The Morgan fingerprint density at radius 3 is 2.15 bits per heavy atom. The fraction of sp³-hybridized carbons (Fsp3) is 0.647. The molecule has 1 aromatic rings. The lowest BCUT2D eigenvalue weighted by molar-refractivity contribution is -0.0461. The number of carbonyl (C=O) groups is 2. The van der Waals surface area contributed by atoms with E-state index in [0.29, 0.717) is 12.8 Å². The summed E-state index contributed by atoms with van der Waals surface area (Å²) in [7, 11) is 1.43. The van der Waals surface area contributed by atoms with Crippen LogP contribution in [0.25, 0.3) is 0 Å². The van der Waals surface area contributed by atoms with Crippen LogP contribution < -0.4 is 11.2 Å². The normalized spacial score (nSPS) is 18.1. The molecule has 0 saturated carbocycles. The monoisotopic (exact) mass is 494 g/mol. The zero-order chi connectivity index (χ0) is 24.6. The van der Waals surface area contributed by atoms with Gasteiger partial charge in [0.15, 0.2) is 0 Å². The zero-order valence-corrected chi connectivity index (χ0v) is 19.5. The number of amides is 2. The van der Waals surface area contributed by atoms with Gasteiger partial charge in [0.1, 0.15) is 6.23 Å². The first-order valence-electron chi connectivity index (χ1n) is 9.69. The van der Waals surface area contributed by atoms with Gasteiger partial charge in [-0.2, -0.15) is 0 Å². The Morgan fingerprint density at radius 2 is 1.64 bits per heavy atom. The van der Waals surface area contributed by atoms with E-state index in [2.05, 4.69) is 4.98 Å². The number of aromatic amines is 1. The van der Waals surface area contributed by atoms with Gasteiger partial charge in [-0.3, -0.25) is 18.9 Å². The Labute approximate surface area is 188 Å². The van der Waals surface area contributed by atoms with Crippen LogP contribution in [-0.4, -0.2) is 86.0 Å². The van der Waals surface area contributed by atoms with E-state index in [9.17, 15) is 23.7 Å². The van der Waals surface area contributed by atoms with Crippen LogP contribution in [0.1, 0.15) is 19.1 Å². The van der Waals surface area contributed by atoms with Crippen LogP contribution in [0.5, 0.6) is 0 Å². The fourth-order valence-electron chi connectivity index (χ4n) is 2.50. The molecule has 2 heterocycles. The quantitative estimate of drug-likeness (QED) is 0.359. The summed E-state index contributed by atoms with van der Waals surface area (Å²) in [6.45, 7) is -1.77. The number of carbonyl (C=O) groups excluding carboxylic acids is 2. The Hall–Kier alpha value is -2.71. The average molecular weight is 494 g/mol. The molecule has 1 fully saturated rings. The maximum absolute atomic E-state index is 12.9. The molecule has 0 spiro atoms. The third kappa shape index (κ3) is 8.29. The predicted octanol–water partition coefficient (Wildman–Crippen LogP) is 0.684. The van der Waals surface area contributed by atoms with E-state index in [1.807, 2.05) is 0 Å². The van der Waals surface area contributed by atoms with Crippen molar-refractivity contribution in [1.29, 1.82) is 0 Å². The van der Waals surface area contributed by atoms with E-state index < -0.39 is 57.2 Å². The first-order chi connectivity index (χ1) is 15.5. The maximum atomic E-state index is 12.9. The van der Waals surface area contributed by atoms with Gasteiger partial charge in [-0.15, -0.1) is 0 Å². The van der Waals surface area contributed by atoms with Gasteiger partial charge in [0.05, 0.1) is 12.7 Å². The number of rotatable bonds is 10. The Bertz CT molecular complexity index is 946. The second-order valence-electron chi connectivity index (χ2n) is 7.15. The smallest absolute Gasteiger partial charge is 0.422 e. The molecule has 1 N–H and O–H groups in total. The molecule has 33 heavy (non-hydrogen) atoms. The van der Waals surface area contributed by atoms with Gasteiger partial charge >= 0.3 is 25.7 Å². The summed E-state index contributed by atoms with van der Waals surface area (Å²) in [5, 5.41) is 0. The third-order valence-corrected chi connectivity index (χ3v) is 5.49. The van der Waals surface area contributed by atoms with Crippen LogP contribution in [0.4, 0.5) is 9.59 Å². The lowest BCUT2D eigenvalue weighted by atomic mass is 10.2. The average Bonchev–Trinajstić information content (AvgIpc) is 3.21. The first-order valence-corrected chi connectivity index (χ1v) is 11.2. The molecule has 0 aromatic carbocycles. The van der Waals surface area contributed by atoms with Crippen molar-refractivity contribution in [3.05, 3.63) is 33.1 Å². The summed E-state index contributed by atoms with van der Waals surface area (Å²) in [4.78, 5) is 50.5. The molecule has 1 aliphatic heterocycles. The highest BCUT2D eigenvalue weighted by molar-refractivity contribution is 7.48. The zero-order valence-electron chi connectivity index (χ0n) is 18.6. The van der Waals surface area contributed by atoms with E-state index in [-0.39, 0.29) is 6.61 Å². The van der Waals surface area contributed by atoms with Crippen molar-refractivity contribution in [2.45, 2.75) is 25.2 Å². The van der Waals surface area contributed by atoms with Gasteiger partial charge in [-0.05, 0) is 12.8 Å². The number of hydrogen-bond donors (Lipinski definition) is 1. The van der Waals surface area contributed by atoms with Crippen molar-refractivity contribution in [1.82, 2.24) is 19.4 Å². The number of H-pyrrole nitrogens is 1. The minimum absolute atomic E-state index is 0.269. The number of ether oxygens (including phenoxy) is 3. The third-order valence-electron chi connectivity index (χ3n) is 4.18. The van der Waals surface area contributed by atoms with Gasteiger partial charge in [0.25, 0.3) is 5.56 Å². The number of aromatic nitrogens is 2. The maximum Gasteiger partial charge on any atom is 0.480 e. The summed E-state index contributed by atoms with van der Waals surface area (Å²) >= 11 is 0. The molecule has 2 rings (SSSR count). The standard InChI is InChI=1S/C17H27N4O11P/c1-19(2)16(24)27-10-30-33(26,31-11-28-17(25)20(3)4)29-9-12-5-6-14(32-12)21-8-7-13(22)18-15(21)23/h7-8,12,14H,5-6,9-11H2,1-4H3,(H,18,22,23)/t12-,14+/m0/s1. The predicted molar refractivity (Wildman–Crippen MR) is 110 cm³/mol. The number of hydrogen-bond acceptors (Lipinski definition) is 11. The van der Waals surface area contributed by atoms with Gasteiger partial charge < -0.3 is 24.0 Å². The highest BCUT2D eigenvalue weighted by atomic mass is 31.2. The molecule has 16 heteroatoms. The van der Waals surface area contributed by atoms with Gasteiger partial charge in [-0.1, -0.05) is 0 Å². The van der Waals surface area contributed by atoms with Crippen molar-refractivity contribution in [3.8, 4) is 0 Å². The van der Waals surface area contributed by atoms with Gasteiger partial charge in [-0.25, -0.2) is 28.0 Å². The molecule has 2 atom stereocenters. The summed E-state index contributed by atoms with van der Waals surface area (Å²) in [5.41, 5.74) is -1.16. The number of nitrogens with one attached hydrogen (secondary N) is 1. The highest BCUT2D eigenvalue weighted by Gasteiger charge is 2.33. The molecule has 0 radical (unpaired) electrons. The Morgan fingerprint density at radius 1 is 1.06 bits per heavy atom. The second-order valence-corrected chi connectivity index (χ2v) is 8.82. The van der Waals surface area contributed by atoms with E-state index in [1.165, 1.54) is 45.0 Å². The van der Waals surface area contributed by atoms with E-state index in [0.717, 1.165) is 9.80 Å². The summed E-state index contributed by atoms with van der Waals surface area (Å²) in [6, 6.07) is 1.19. The van der Waals surface area contributed by atoms with Crippen LogP contribution in [0.15, 0.2) is 21.9 Å². The van der Waals surface area contributed by atoms with Crippen LogP contribution in [-0.2, 0) is 32.3 Å². The minimum atomic E-state index is -4.34. The summed E-state index contributed by atoms with van der Waals surface area (Å²) in [6.07, 6.45) is -0.601. The van der Waals surface area contributed by atoms with E-state index >= 15 is 0 Å². The van der Waals surface area contributed by atoms with Crippen molar-refractivity contribution >= 4 is 20.0 Å². The Balaban J connectivity index is 1.94. The molecule has 186 valence electrons. The minimum Gasteiger partial charge on any atom is -0.422 e. The molecule has 0 bridgehead atoms. The number of nitrogens with zero attached hydrogens (tertiary/aromatic N) is 3. The van der Waals surface area contributed by atoms with Crippen molar-refractivity contribution in [3.63, 3.8) is 0 Å². The molecule has 1 aromatic heterocycles. The van der Waals surface area contributed by atoms with E-state index in [1.54, 1.807) is 0 Å². The van der Waals surface area contributed by atoms with Crippen molar-refractivity contribution in [2.24, 2.45) is 0 Å². The van der Waals surface area contributed by atoms with Gasteiger partial charge in [0.2, 0.25) is 13.6 Å². The molecule has 0 unspecified atom stereocenters. The largest absolute Gasteiger partial charge is 0.480 e. The lowest BCUT2D eigenvalue weighted by Crippen LogP contribution is -2.31. The van der Waals surface area contributed by atoms with Crippen LogP contribution >= 0.6 is 7.82 Å². The summed E-state index contributed by atoms with van der Waals surface area (Å²) in [5.74, 6) is 0. The number of phosphoric ester groups is 1. The molecular formula is C17H27N4O11P. The fourth-order valence-corrected chi connectivity index (χ4v) is 3.43. The number of phosphoric acid groups is 1. The SMILES string of the molecule is CN(C)C(=O)OCOP(=O)(OCOC(=O)N(C)C)OC[C@@H]1CC[C@H](n2ccc(=O)[nH]c2=O)O1. The Kier molecular flexibility index (Phi) is 9.61. The summed E-state index contributed by atoms with van der Waals surface area (Å²) < 4.78 is 44.6. The molecule has 1 aliphatic rings. The highest BCUT2D eigenvalue weighted by Crippen LogP contribution is 2.50. The molecule has 0 aliphatic carbocycles. The van der Waals surface area contributed by atoms with Crippen LogP contribution in [0, 0.1) is 0 Å². The van der Waals surface area contributed by atoms with Crippen LogP contribution in [0.2, 0.25) is 0 Å². The van der Waals surface area contributed by atoms with Gasteiger partial charge in [0, 0.05) is 40.5 Å². The van der Waals surface area contributed by atoms with Crippen LogP contribution in [0.3, 0.4) is 0 Å². The van der Waals surface area contributed by atoms with Crippen molar-refractivity contribution in [2.75, 3.05) is 48.4 Å². The molecular weight excluding hydrogens is 467 g/mol. The lowest BCUT2D eigenvalue weighted by Gasteiger charge is -2.21. The topological polar surface area (TPSA) is 168 Å². The second kappa shape index (κ2) is 12.0. The molecule has 1 saturated heterocycles. The molecule has 15 nitrogen and oxygen atoms in total. The first kappa shape index (κ1) is 26.5.